The Morgan fingerprint density at radius 2 is 2.11 bits per heavy atom. The summed E-state index contributed by atoms with van der Waals surface area (Å²) in [5.74, 6) is 1.21. The number of aromatic nitrogens is 5. The van der Waals surface area contributed by atoms with Gasteiger partial charge in [-0.3, -0.25) is 14.5 Å². The van der Waals surface area contributed by atoms with Gasteiger partial charge < -0.3 is 25.0 Å². The molecule has 0 aliphatic carbocycles. The van der Waals surface area contributed by atoms with Gasteiger partial charge >= 0.3 is 0 Å². The summed E-state index contributed by atoms with van der Waals surface area (Å²) >= 11 is 6.80. The first-order valence-corrected chi connectivity index (χ1v) is 13.2. The van der Waals surface area contributed by atoms with Gasteiger partial charge in [-0.25, -0.2) is 4.98 Å². The number of fused-ring (bicyclic) bond motifs is 1. The zero-order chi connectivity index (χ0) is 26.3. The molecule has 3 aromatic rings. The minimum atomic E-state index is -0.198. The average Bonchev–Trinajstić information content (AvgIpc) is 3.46. The molecular formula is C25H35ClN8O3. The van der Waals surface area contributed by atoms with E-state index in [4.69, 9.17) is 31.8 Å². The zero-order valence-corrected chi connectivity index (χ0v) is 22.6. The van der Waals surface area contributed by atoms with E-state index in [0.717, 1.165) is 12.8 Å². The lowest BCUT2D eigenvalue weighted by Gasteiger charge is -2.33. The van der Waals surface area contributed by atoms with Crippen LogP contribution in [0.3, 0.4) is 0 Å². The third-order valence-corrected chi connectivity index (χ3v) is 8.42. The van der Waals surface area contributed by atoms with E-state index in [0.29, 0.717) is 78.5 Å². The van der Waals surface area contributed by atoms with Crippen molar-refractivity contribution in [2.75, 3.05) is 56.3 Å². The van der Waals surface area contributed by atoms with Crippen LogP contribution in [-0.4, -0.2) is 83.4 Å². The second-order valence-electron chi connectivity index (χ2n) is 10.1. The maximum atomic E-state index is 13.6. The van der Waals surface area contributed by atoms with E-state index in [2.05, 4.69) is 27.0 Å². The molecule has 1 unspecified atom stereocenters. The van der Waals surface area contributed by atoms with E-state index in [1.165, 1.54) is 0 Å². The first kappa shape index (κ1) is 25.9. The van der Waals surface area contributed by atoms with Crippen molar-refractivity contribution in [3.8, 4) is 11.3 Å². The van der Waals surface area contributed by atoms with Crippen molar-refractivity contribution in [1.29, 1.82) is 0 Å². The molecule has 2 saturated heterocycles. The van der Waals surface area contributed by atoms with Crippen molar-refractivity contribution in [3.05, 3.63) is 27.6 Å². The molecular weight excluding hydrogens is 496 g/mol. The van der Waals surface area contributed by atoms with Crippen LogP contribution in [0.1, 0.15) is 26.7 Å². The highest BCUT2D eigenvalue weighted by Gasteiger charge is 2.44. The molecule has 2 fully saturated rings. The molecule has 2 aliphatic heterocycles. The summed E-state index contributed by atoms with van der Waals surface area (Å²) in [5, 5.41) is 8.26. The Morgan fingerprint density at radius 3 is 2.78 bits per heavy atom. The highest BCUT2D eigenvalue weighted by Crippen LogP contribution is 2.39. The number of morpholine rings is 1. The molecule has 3 aromatic heterocycles. The zero-order valence-electron chi connectivity index (χ0n) is 21.8. The first-order chi connectivity index (χ1) is 17.8. The number of pyridine rings is 1. The van der Waals surface area contributed by atoms with Crippen molar-refractivity contribution in [2.45, 2.75) is 38.8 Å². The minimum Gasteiger partial charge on any atom is -0.378 e. The molecule has 5 rings (SSSR count). The van der Waals surface area contributed by atoms with E-state index in [9.17, 15) is 4.79 Å². The maximum absolute atomic E-state index is 13.6. The Balaban J connectivity index is 1.45. The largest absolute Gasteiger partial charge is 0.378 e. The molecule has 0 aromatic carbocycles. The SMILES string of the molecule is CCC1(CCN(C)c2nc3[nH]nc(-c4ccnc(N5CCOCC5)c4Cl)c3c(=O)n2C)CO[C@@H](C)[C@H]1N. The lowest BCUT2D eigenvalue weighted by Crippen LogP contribution is -2.45. The maximum Gasteiger partial charge on any atom is 0.266 e. The van der Waals surface area contributed by atoms with Gasteiger partial charge in [0.1, 0.15) is 16.9 Å². The number of H-pyrrole nitrogens is 1. The number of nitrogens with two attached hydrogens (primary N) is 1. The molecule has 3 atom stereocenters. The topological polar surface area (TPSA) is 127 Å². The number of ether oxygens (including phenoxy) is 2. The summed E-state index contributed by atoms with van der Waals surface area (Å²) in [4.78, 5) is 26.9. The van der Waals surface area contributed by atoms with Crippen LogP contribution in [0, 0.1) is 5.41 Å². The lowest BCUT2D eigenvalue weighted by atomic mass is 9.76. The molecule has 5 heterocycles. The quantitative estimate of drug-likeness (QED) is 0.472. The van der Waals surface area contributed by atoms with Crippen molar-refractivity contribution in [3.63, 3.8) is 0 Å². The van der Waals surface area contributed by atoms with Gasteiger partial charge in [0.15, 0.2) is 5.65 Å². The Hall–Kier alpha value is -2.73. The summed E-state index contributed by atoms with van der Waals surface area (Å²) in [7, 11) is 3.67. The van der Waals surface area contributed by atoms with E-state index in [1.807, 2.05) is 18.9 Å². The van der Waals surface area contributed by atoms with Crippen LogP contribution in [0.15, 0.2) is 17.1 Å². The Bertz CT molecular complexity index is 1340. The molecule has 2 aliphatic rings. The fourth-order valence-electron chi connectivity index (χ4n) is 5.44. The van der Waals surface area contributed by atoms with Gasteiger partial charge in [-0.15, -0.1) is 0 Å². The molecule has 0 amide bonds. The molecule has 0 saturated carbocycles. The Kier molecular flexibility index (Phi) is 7.14. The number of hydrogen-bond acceptors (Lipinski definition) is 9. The van der Waals surface area contributed by atoms with Gasteiger partial charge in [0.05, 0.1) is 30.9 Å². The van der Waals surface area contributed by atoms with Gasteiger partial charge in [0.2, 0.25) is 5.95 Å². The molecule has 200 valence electrons. The third kappa shape index (κ3) is 4.47. The van der Waals surface area contributed by atoms with E-state index in [-0.39, 0.29) is 23.1 Å². The number of anilines is 2. The summed E-state index contributed by atoms with van der Waals surface area (Å²) in [6.07, 6.45) is 3.50. The number of hydrogen-bond donors (Lipinski definition) is 2. The minimum absolute atomic E-state index is 0.0206. The standard InChI is InChI=1S/C25H35ClN8O3/c1-5-25(14-37-15(2)20(25)27)7-9-32(3)24-29-21-17(23(35)33(24)4)19(30-31-21)16-6-8-28-22(18(16)26)34-10-12-36-13-11-34/h6,8,15,20H,5,7,9-14,27H2,1-4H3,(H,30,31)/t15-,20+,25?/m0/s1. The predicted molar refractivity (Wildman–Crippen MR) is 144 cm³/mol. The van der Waals surface area contributed by atoms with Crippen LogP contribution in [0.5, 0.6) is 0 Å². The van der Waals surface area contributed by atoms with Crippen LogP contribution in [0.25, 0.3) is 22.3 Å². The van der Waals surface area contributed by atoms with Gasteiger partial charge in [-0.2, -0.15) is 10.1 Å². The summed E-state index contributed by atoms with van der Waals surface area (Å²) in [6.45, 7) is 8.15. The number of nitrogens with one attached hydrogen (secondary N) is 1. The summed E-state index contributed by atoms with van der Waals surface area (Å²) < 4.78 is 12.9. The molecule has 3 N–H and O–H groups in total. The van der Waals surface area contributed by atoms with Crippen LogP contribution in [-0.2, 0) is 16.5 Å². The van der Waals surface area contributed by atoms with Crippen LogP contribution >= 0.6 is 11.6 Å². The first-order valence-electron chi connectivity index (χ1n) is 12.8. The predicted octanol–water partition coefficient (Wildman–Crippen LogP) is 2.18. The van der Waals surface area contributed by atoms with Crippen molar-refractivity contribution in [2.24, 2.45) is 18.2 Å². The van der Waals surface area contributed by atoms with Crippen LogP contribution < -0.4 is 21.1 Å². The number of rotatable bonds is 7. The normalized spacial score (nSPS) is 24.2. The molecule has 12 heteroatoms. The Morgan fingerprint density at radius 1 is 1.35 bits per heavy atom. The van der Waals surface area contributed by atoms with E-state index >= 15 is 0 Å². The highest BCUT2D eigenvalue weighted by atomic mass is 35.5. The number of aromatic amines is 1. The fourth-order valence-corrected chi connectivity index (χ4v) is 5.76. The highest BCUT2D eigenvalue weighted by molar-refractivity contribution is 6.36. The van der Waals surface area contributed by atoms with Gasteiger partial charge in [0, 0.05) is 56.9 Å². The third-order valence-electron chi connectivity index (χ3n) is 8.05. The molecule has 0 spiro atoms. The van der Waals surface area contributed by atoms with Crippen molar-refractivity contribution in [1.82, 2.24) is 24.7 Å². The molecule has 0 bridgehead atoms. The van der Waals surface area contributed by atoms with Gasteiger partial charge in [0.25, 0.3) is 5.56 Å². The second-order valence-corrected chi connectivity index (χ2v) is 10.5. The lowest BCUT2D eigenvalue weighted by molar-refractivity contribution is 0.101. The molecule has 37 heavy (non-hydrogen) atoms. The average molecular weight is 531 g/mol. The van der Waals surface area contributed by atoms with Gasteiger partial charge in [-0.05, 0) is 25.8 Å². The fraction of sp³-hybridized carbons (Fsp3) is 0.600. The van der Waals surface area contributed by atoms with Crippen LogP contribution in [0.4, 0.5) is 11.8 Å². The van der Waals surface area contributed by atoms with E-state index in [1.54, 1.807) is 23.9 Å². The Labute approximate surface area is 220 Å². The van der Waals surface area contributed by atoms with Crippen LogP contribution in [0.2, 0.25) is 5.02 Å². The van der Waals surface area contributed by atoms with Gasteiger partial charge in [-0.1, -0.05) is 18.5 Å². The molecule has 11 nitrogen and oxygen atoms in total. The van der Waals surface area contributed by atoms with Crippen molar-refractivity contribution >= 4 is 34.4 Å². The smallest absolute Gasteiger partial charge is 0.266 e. The van der Waals surface area contributed by atoms with E-state index < -0.39 is 0 Å². The number of halogens is 1. The molecule has 0 radical (unpaired) electrons. The van der Waals surface area contributed by atoms with Crippen molar-refractivity contribution < 1.29 is 9.47 Å². The monoisotopic (exact) mass is 530 g/mol. The number of nitrogens with zero attached hydrogens (tertiary/aromatic N) is 6. The summed E-state index contributed by atoms with van der Waals surface area (Å²) in [6, 6.07) is 1.76. The summed E-state index contributed by atoms with van der Waals surface area (Å²) in [5.41, 5.74) is 7.73. The second kappa shape index (κ2) is 10.2.